The van der Waals surface area contributed by atoms with Gasteiger partial charge < -0.3 is 4.42 Å². The predicted molar refractivity (Wildman–Crippen MR) is 218 cm³/mol. The molecule has 9 rings (SSSR count). The van der Waals surface area contributed by atoms with E-state index in [1.807, 2.05) is 0 Å². The lowest BCUT2D eigenvalue weighted by atomic mass is 9.61. The molecule has 2 aromatic heterocycles. The fraction of sp³-hybridized carbons (Fsp3) is 0.490. The minimum atomic E-state index is -0.121. The van der Waals surface area contributed by atoms with Crippen LogP contribution in [0, 0.1) is 0 Å². The summed E-state index contributed by atoms with van der Waals surface area (Å²) >= 11 is 0. The third-order valence-corrected chi connectivity index (χ3v) is 14.6. The van der Waals surface area contributed by atoms with Crippen LogP contribution in [0.3, 0.4) is 0 Å². The van der Waals surface area contributed by atoms with Crippen molar-refractivity contribution in [3.8, 4) is 17.1 Å². The van der Waals surface area contributed by atoms with Crippen molar-refractivity contribution in [1.82, 2.24) is 4.57 Å². The van der Waals surface area contributed by atoms with E-state index in [9.17, 15) is 0 Å². The van der Waals surface area contributed by atoms with Crippen molar-refractivity contribution in [1.29, 1.82) is 0 Å². The van der Waals surface area contributed by atoms with Crippen molar-refractivity contribution in [2.24, 2.45) is 0 Å². The van der Waals surface area contributed by atoms with E-state index in [4.69, 9.17) is 4.42 Å². The van der Waals surface area contributed by atoms with Crippen LogP contribution in [0.15, 0.2) is 77.2 Å². The molecule has 1 aliphatic heterocycles. The van der Waals surface area contributed by atoms with Crippen LogP contribution in [0.1, 0.15) is 159 Å². The average Bonchev–Trinajstić information content (AvgIpc) is 3.76. The predicted octanol–water partition coefficient (Wildman–Crippen LogP) is 13.7. The molecule has 4 aromatic carbocycles. The maximum atomic E-state index is 7.43. The zero-order valence-corrected chi connectivity index (χ0v) is 32.5. The zero-order valence-electron chi connectivity index (χ0n) is 32.5. The van der Waals surface area contributed by atoms with Crippen LogP contribution in [0.25, 0.3) is 50.0 Å². The van der Waals surface area contributed by atoms with Crippen LogP contribution in [0.5, 0.6) is 0 Å². The van der Waals surface area contributed by atoms with Gasteiger partial charge >= 0.3 is 0 Å². The van der Waals surface area contributed by atoms with Crippen molar-refractivity contribution in [2.75, 3.05) is 0 Å². The van der Waals surface area contributed by atoms with Gasteiger partial charge in [-0.2, -0.15) is 4.57 Å². The van der Waals surface area contributed by atoms with E-state index in [1.165, 1.54) is 133 Å². The van der Waals surface area contributed by atoms with Gasteiger partial charge in [-0.3, -0.25) is 0 Å². The average molecular weight is 692 g/mol. The zero-order chi connectivity index (χ0) is 35.6. The number of fused-ring (bicyclic) bond motifs is 8. The Kier molecular flexibility index (Phi) is 8.63. The molecule has 0 amide bonds. The van der Waals surface area contributed by atoms with Gasteiger partial charge in [-0.15, -0.1) is 0 Å². The molecule has 0 radical (unpaired) electrons. The molecule has 3 aliphatic rings. The van der Waals surface area contributed by atoms with Crippen LogP contribution < -0.4 is 4.57 Å². The Labute approximate surface area is 311 Å². The molecule has 2 fully saturated rings. The summed E-state index contributed by atoms with van der Waals surface area (Å²) in [6.07, 6.45) is 18.8. The highest BCUT2D eigenvalue weighted by atomic mass is 16.3. The van der Waals surface area contributed by atoms with E-state index in [0.29, 0.717) is 11.8 Å². The second-order valence-electron chi connectivity index (χ2n) is 17.2. The van der Waals surface area contributed by atoms with E-state index >= 15 is 0 Å². The monoisotopic (exact) mass is 691 g/mol. The second-order valence-corrected chi connectivity index (χ2v) is 17.2. The molecule has 0 saturated heterocycles. The van der Waals surface area contributed by atoms with Gasteiger partial charge in [0.05, 0.1) is 5.56 Å². The minimum absolute atomic E-state index is 0.0222. The van der Waals surface area contributed by atoms with Crippen LogP contribution >= 0.6 is 0 Å². The number of aromatic nitrogens is 2. The van der Waals surface area contributed by atoms with Gasteiger partial charge in [-0.25, -0.2) is 4.57 Å². The smallest absolute Gasteiger partial charge is 0.295 e. The molecule has 0 bridgehead atoms. The van der Waals surface area contributed by atoms with Gasteiger partial charge in [0.2, 0.25) is 0 Å². The largest absolute Gasteiger partial charge is 0.452 e. The summed E-state index contributed by atoms with van der Waals surface area (Å²) in [6, 6.07) is 28.6. The molecule has 2 atom stereocenters. The Morgan fingerprint density at radius 3 is 2.15 bits per heavy atom. The van der Waals surface area contributed by atoms with E-state index < -0.39 is 0 Å². The summed E-state index contributed by atoms with van der Waals surface area (Å²) in [5.74, 6) is 2.44. The highest BCUT2D eigenvalue weighted by Crippen LogP contribution is 2.53. The van der Waals surface area contributed by atoms with E-state index in [1.54, 1.807) is 5.56 Å². The summed E-state index contributed by atoms with van der Waals surface area (Å²) in [5, 5.41) is 2.69. The quantitative estimate of drug-likeness (QED) is 0.146. The molecule has 270 valence electrons. The molecule has 2 saturated carbocycles. The summed E-state index contributed by atoms with van der Waals surface area (Å²) in [5.41, 5.74) is 13.3. The van der Waals surface area contributed by atoms with E-state index in [-0.39, 0.29) is 11.0 Å². The molecule has 3 nitrogen and oxygen atoms in total. The molecule has 2 aliphatic carbocycles. The Balaban J connectivity index is 1.46. The van der Waals surface area contributed by atoms with Gasteiger partial charge in [0.25, 0.3) is 5.82 Å². The Morgan fingerprint density at radius 2 is 1.44 bits per heavy atom. The number of rotatable bonds is 8. The van der Waals surface area contributed by atoms with Gasteiger partial charge in [0.15, 0.2) is 22.3 Å². The number of nitrogens with zero attached hydrogens (tertiary/aromatic N) is 2. The van der Waals surface area contributed by atoms with Crippen LogP contribution in [0.4, 0.5) is 0 Å². The van der Waals surface area contributed by atoms with Crippen molar-refractivity contribution < 1.29 is 8.98 Å². The molecule has 6 aromatic rings. The number of furan rings is 1. The Bertz CT molecular complexity index is 2270. The second kappa shape index (κ2) is 13.2. The lowest BCUT2D eigenvalue weighted by molar-refractivity contribution is -0.743. The first kappa shape index (κ1) is 34.0. The molecule has 0 spiro atoms. The van der Waals surface area contributed by atoms with E-state index in [2.05, 4.69) is 117 Å². The molecule has 0 N–H and O–H groups in total. The van der Waals surface area contributed by atoms with Gasteiger partial charge in [-0.05, 0) is 111 Å². The SMILES string of the molecule is CCCCc1ccc2c(c1)oc1c(-n3c4[n+](c5ccccc53)C(C)(CC)C(C)(CC)c3ccccc3-4)c(C3CCCCC3)cc(C3CCCCC3)c12. The van der Waals surface area contributed by atoms with E-state index in [0.717, 1.165) is 30.4 Å². The van der Waals surface area contributed by atoms with Crippen molar-refractivity contribution in [3.63, 3.8) is 0 Å². The van der Waals surface area contributed by atoms with Gasteiger partial charge in [-0.1, -0.05) is 121 Å². The van der Waals surface area contributed by atoms with Gasteiger partial charge in [0.1, 0.15) is 11.1 Å². The maximum absolute atomic E-state index is 7.43. The Hall–Kier alpha value is -3.85. The normalized spacial score (nSPS) is 22.7. The van der Waals surface area contributed by atoms with Crippen LogP contribution in [0.2, 0.25) is 0 Å². The third kappa shape index (κ3) is 4.93. The first-order valence-electron chi connectivity index (χ1n) is 21.1. The molecular formula is C49H59N2O+. The standard InChI is InChI=1S/C49H59N2O/c1-6-9-20-33-29-30-37-43(31-33)52-46-44(37)38(34-21-12-10-13-22-34)32-39(35-23-14-11-15-24-35)45(46)50-41-27-18-19-28-42(41)51-47(50)36-25-16-17-26-40(36)48(4,7-2)49(51,5)8-3/h16-19,25-32,34-35H,6-15,20-24H2,1-5H3/q+1. The van der Waals surface area contributed by atoms with Crippen molar-refractivity contribution in [3.05, 3.63) is 95.1 Å². The van der Waals surface area contributed by atoms with Gasteiger partial charge in [0, 0.05) is 21.8 Å². The molecule has 2 unspecified atom stereocenters. The number of para-hydroxylation sites is 2. The fourth-order valence-corrected chi connectivity index (χ4v) is 11.2. The van der Waals surface area contributed by atoms with Crippen molar-refractivity contribution in [2.45, 2.75) is 154 Å². The maximum Gasteiger partial charge on any atom is 0.295 e. The summed E-state index contributed by atoms with van der Waals surface area (Å²) in [4.78, 5) is 0. The number of hydrogen-bond donors (Lipinski definition) is 0. The number of aryl methyl sites for hydroxylation is 1. The first-order valence-corrected chi connectivity index (χ1v) is 21.1. The number of hydrogen-bond acceptors (Lipinski definition) is 1. The summed E-state index contributed by atoms with van der Waals surface area (Å²) in [6.45, 7) is 12.2. The highest BCUT2D eigenvalue weighted by Gasteiger charge is 2.56. The number of imidazole rings is 1. The lowest BCUT2D eigenvalue weighted by Crippen LogP contribution is -2.67. The summed E-state index contributed by atoms with van der Waals surface area (Å²) in [7, 11) is 0. The third-order valence-electron chi connectivity index (χ3n) is 14.6. The number of unbranched alkanes of at least 4 members (excludes halogenated alkanes) is 1. The summed E-state index contributed by atoms with van der Waals surface area (Å²) < 4.78 is 12.9. The lowest BCUT2D eigenvalue weighted by Gasteiger charge is -2.47. The molecule has 52 heavy (non-hydrogen) atoms. The van der Waals surface area contributed by atoms with Crippen molar-refractivity contribution >= 4 is 33.0 Å². The molecular weight excluding hydrogens is 633 g/mol. The molecule has 3 heteroatoms. The Morgan fingerprint density at radius 1 is 0.750 bits per heavy atom. The number of benzene rings is 4. The first-order chi connectivity index (χ1) is 25.4. The minimum Gasteiger partial charge on any atom is -0.452 e. The molecule has 3 heterocycles. The fourth-order valence-electron chi connectivity index (χ4n) is 11.2. The van der Waals surface area contributed by atoms with Crippen LogP contribution in [-0.2, 0) is 17.4 Å². The van der Waals surface area contributed by atoms with Crippen LogP contribution in [-0.4, -0.2) is 4.57 Å². The highest BCUT2D eigenvalue weighted by molar-refractivity contribution is 6.11. The topological polar surface area (TPSA) is 21.9 Å².